The number of amides is 1. The van der Waals surface area contributed by atoms with Crippen LogP contribution in [0.25, 0.3) is 0 Å². The molecule has 0 fully saturated rings. The van der Waals surface area contributed by atoms with E-state index in [4.69, 9.17) is 23.2 Å². The van der Waals surface area contributed by atoms with Crippen molar-refractivity contribution >= 4 is 34.9 Å². The number of hydrogen-bond donors (Lipinski definition) is 1. The lowest BCUT2D eigenvalue weighted by atomic mass is 10.1. The summed E-state index contributed by atoms with van der Waals surface area (Å²) < 4.78 is 3.33. The van der Waals surface area contributed by atoms with E-state index in [1.165, 1.54) is 6.20 Å². The summed E-state index contributed by atoms with van der Waals surface area (Å²) in [5.74, 6) is -0.141. The van der Waals surface area contributed by atoms with Gasteiger partial charge in [-0.25, -0.2) is 0 Å². The van der Waals surface area contributed by atoms with Gasteiger partial charge < -0.3 is 5.32 Å². The van der Waals surface area contributed by atoms with Crippen molar-refractivity contribution < 1.29 is 4.79 Å². The summed E-state index contributed by atoms with van der Waals surface area (Å²) in [7, 11) is 0. The number of carbonyl (C=O) groups is 1. The Labute approximate surface area is 155 Å². The Bertz CT molecular complexity index is 859. The van der Waals surface area contributed by atoms with Gasteiger partial charge in [-0.2, -0.15) is 10.2 Å². The first-order valence-electron chi connectivity index (χ1n) is 7.77. The predicted octanol–water partition coefficient (Wildman–Crippen LogP) is 3.71. The summed E-state index contributed by atoms with van der Waals surface area (Å²) in [4.78, 5) is 12.4. The molecule has 3 rings (SSSR count). The lowest BCUT2D eigenvalue weighted by Crippen LogP contribution is -2.25. The van der Waals surface area contributed by atoms with Crippen molar-refractivity contribution in [2.45, 2.75) is 20.0 Å². The quantitative estimate of drug-likeness (QED) is 0.711. The van der Waals surface area contributed by atoms with Gasteiger partial charge in [0.1, 0.15) is 5.02 Å². The zero-order valence-corrected chi connectivity index (χ0v) is 15.1. The van der Waals surface area contributed by atoms with Crippen LogP contribution in [0.2, 0.25) is 10.0 Å². The predicted molar refractivity (Wildman–Crippen MR) is 97.8 cm³/mol. The molecule has 0 spiro atoms. The van der Waals surface area contributed by atoms with Gasteiger partial charge >= 0.3 is 0 Å². The van der Waals surface area contributed by atoms with Crippen LogP contribution in [0.5, 0.6) is 0 Å². The summed E-state index contributed by atoms with van der Waals surface area (Å²) in [6.07, 6.45) is 4.91. The first-order chi connectivity index (χ1) is 12.0. The van der Waals surface area contributed by atoms with Crippen LogP contribution in [-0.4, -0.2) is 25.5 Å². The molecule has 2 aromatic heterocycles. The Kier molecular flexibility index (Phi) is 5.40. The molecule has 0 aliphatic heterocycles. The topological polar surface area (TPSA) is 64.7 Å². The van der Waals surface area contributed by atoms with Crippen molar-refractivity contribution in [3.8, 4) is 0 Å². The van der Waals surface area contributed by atoms with Crippen molar-refractivity contribution in [2.75, 3.05) is 5.32 Å². The number of nitrogens with one attached hydrogen (secondary N) is 1. The minimum Gasteiger partial charge on any atom is -0.308 e. The molecule has 0 saturated carbocycles. The number of carbonyl (C=O) groups excluding carboxylic acids is 1. The molecule has 6 nitrogen and oxygen atoms in total. The Morgan fingerprint density at radius 1 is 1.20 bits per heavy atom. The van der Waals surface area contributed by atoms with Crippen molar-refractivity contribution in [1.82, 2.24) is 19.6 Å². The molecule has 1 atom stereocenters. The fraction of sp³-hybridized carbons (Fsp3) is 0.235. The lowest BCUT2D eigenvalue weighted by molar-refractivity contribution is -0.119. The molecule has 0 aliphatic rings. The highest BCUT2D eigenvalue weighted by atomic mass is 35.5. The zero-order valence-electron chi connectivity index (χ0n) is 13.6. The molecule has 1 aromatic carbocycles. The molecule has 1 unspecified atom stereocenters. The summed E-state index contributed by atoms with van der Waals surface area (Å²) in [5, 5.41) is 12.1. The van der Waals surface area contributed by atoms with Crippen LogP contribution < -0.4 is 5.32 Å². The van der Waals surface area contributed by atoms with Gasteiger partial charge in [-0.15, -0.1) is 0 Å². The molecule has 3 aromatic rings. The van der Waals surface area contributed by atoms with Crippen LogP contribution in [0.3, 0.4) is 0 Å². The van der Waals surface area contributed by atoms with Crippen LogP contribution in [0.15, 0.2) is 48.9 Å². The smallest absolute Gasteiger partial charge is 0.230 e. The second kappa shape index (κ2) is 7.72. The third kappa shape index (κ3) is 4.61. The fourth-order valence-corrected chi connectivity index (χ4v) is 2.73. The van der Waals surface area contributed by atoms with E-state index in [1.54, 1.807) is 28.7 Å². The average Bonchev–Trinajstić information content (AvgIpc) is 3.14. The first-order valence-corrected chi connectivity index (χ1v) is 8.52. The van der Waals surface area contributed by atoms with Crippen molar-refractivity contribution in [2.24, 2.45) is 5.92 Å². The molecule has 0 radical (unpaired) electrons. The highest BCUT2D eigenvalue weighted by molar-refractivity contribution is 6.33. The van der Waals surface area contributed by atoms with Gasteiger partial charge in [0.15, 0.2) is 5.82 Å². The summed E-state index contributed by atoms with van der Waals surface area (Å²) in [6, 6.07) is 9.90. The monoisotopic (exact) mass is 377 g/mol. The second-order valence-corrected chi connectivity index (χ2v) is 6.62. The van der Waals surface area contributed by atoms with Crippen molar-refractivity contribution in [1.29, 1.82) is 0 Å². The largest absolute Gasteiger partial charge is 0.308 e. The van der Waals surface area contributed by atoms with Gasteiger partial charge in [0.2, 0.25) is 5.91 Å². The van der Waals surface area contributed by atoms with E-state index in [-0.39, 0.29) is 11.8 Å². The van der Waals surface area contributed by atoms with Crippen LogP contribution in [0, 0.1) is 5.92 Å². The fourth-order valence-electron chi connectivity index (χ4n) is 2.37. The van der Waals surface area contributed by atoms with E-state index in [0.717, 1.165) is 5.56 Å². The maximum atomic E-state index is 12.4. The number of hydrogen-bond acceptors (Lipinski definition) is 3. The standard InChI is InChI=1S/C17H17Cl2N5O/c1-12(8-23-10-14(18)7-20-23)17(25)21-16-15(19)11-24(22-16)9-13-5-3-2-4-6-13/h2-7,10-12H,8-9H2,1H3,(H,21,22,25). The minimum atomic E-state index is -0.314. The van der Waals surface area contributed by atoms with E-state index in [2.05, 4.69) is 15.5 Å². The SMILES string of the molecule is CC(Cn1cc(Cl)cn1)C(=O)Nc1nn(Cc2ccccc2)cc1Cl. The Morgan fingerprint density at radius 2 is 1.96 bits per heavy atom. The molecule has 1 N–H and O–H groups in total. The number of nitrogens with zero attached hydrogens (tertiary/aromatic N) is 4. The molecule has 0 bridgehead atoms. The van der Waals surface area contributed by atoms with E-state index in [0.29, 0.717) is 29.0 Å². The first kappa shape index (κ1) is 17.5. The molecule has 2 heterocycles. The van der Waals surface area contributed by atoms with Gasteiger partial charge in [0.05, 0.1) is 30.2 Å². The van der Waals surface area contributed by atoms with Crippen LogP contribution in [0.1, 0.15) is 12.5 Å². The summed E-state index contributed by atoms with van der Waals surface area (Å²) >= 11 is 12.0. The molecule has 25 heavy (non-hydrogen) atoms. The molecule has 130 valence electrons. The van der Waals surface area contributed by atoms with E-state index in [9.17, 15) is 4.79 Å². The number of halogens is 2. The average molecular weight is 378 g/mol. The Balaban J connectivity index is 1.63. The molecular formula is C17H17Cl2N5O. The van der Waals surface area contributed by atoms with E-state index in [1.807, 2.05) is 30.3 Å². The zero-order chi connectivity index (χ0) is 17.8. The van der Waals surface area contributed by atoms with Gasteiger partial charge in [-0.05, 0) is 5.56 Å². The Morgan fingerprint density at radius 3 is 2.64 bits per heavy atom. The molecular weight excluding hydrogens is 361 g/mol. The number of rotatable bonds is 6. The molecule has 0 saturated heterocycles. The minimum absolute atomic E-state index is 0.182. The van der Waals surface area contributed by atoms with Crippen LogP contribution in [-0.2, 0) is 17.9 Å². The highest BCUT2D eigenvalue weighted by Gasteiger charge is 2.17. The summed E-state index contributed by atoms with van der Waals surface area (Å²) in [5.41, 5.74) is 1.10. The normalized spacial score (nSPS) is 12.1. The van der Waals surface area contributed by atoms with Crippen molar-refractivity contribution in [3.63, 3.8) is 0 Å². The van der Waals surface area contributed by atoms with Gasteiger partial charge in [-0.1, -0.05) is 60.5 Å². The van der Waals surface area contributed by atoms with Crippen LogP contribution >= 0.6 is 23.2 Å². The van der Waals surface area contributed by atoms with Crippen LogP contribution in [0.4, 0.5) is 5.82 Å². The lowest BCUT2D eigenvalue weighted by Gasteiger charge is -2.11. The molecule has 0 aliphatic carbocycles. The highest BCUT2D eigenvalue weighted by Crippen LogP contribution is 2.21. The van der Waals surface area contributed by atoms with Gasteiger partial charge in [0, 0.05) is 12.4 Å². The third-order valence-corrected chi connectivity index (χ3v) is 4.13. The Hall–Kier alpha value is -2.31. The van der Waals surface area contributed by atoms with E-state index >= 15 is 0 Å². The second-order valence-electron chi connectivity index (χ2n) is 5.78. The number of aromatic nitrogens is 4. The number of anilines is 1. The third-order valence-electron chi connectivity index (χ3n) is 3.66. The van der Waals surface area contributed by atoms with Gasteiger partial charge in [-0.3, -0.25) is 14.2 Å². The maximum Gasteiger partial charge on any atom is 0.230 e. The summed E-state index contributed by atoms with van der Waals surface area (Å²) in [6.45, 7) is 2.80. The maximum absolute atomic E-state index is 12.4. The molecule has 8 heteroatoms. The van der Waals surface area contributed by atoms with Crippen molar-refractivity contribution in [3.05, 3.63) is 64.5 Å². The molecule has 1 amide bonds. The van der Waals surface area contributed by atoms with Gasteiger partial charge in [0.25, 0.3) is 0 Å². The number of benzene rings is 1. The van der Waals surface area contributed by atoms with E-state index < -0.39 is 0 Å².